The summed E-state index contributed by atoms with van der Waals surface area (Å²) < 4.78 is 11.2. The molecule has 1 heterocycles. The number of nitrogens with one attached hydrogen (secondary N) is 1. The Morgan fingerprint density at radius 2 is 0.792 bits per heavy atom. The predicted octanol–water partition coefficient (Wildman–Crippen LogP) is 15.9. The van der Waals surface area contributed by atoms with Crippen LogP contribution in [0, 0.1) is 0 Å². The van der Waals surface area contributed by atoms with Crippen molar-refractivity contribution in [2.45, 2.75) is 346 Å². The van der Waals surface area contributed by atoms with E-state index in [1.54, 1.807) is 6.08 Å². The van der Waals surface area contributed by atoms with Crippen molar-refractivity contribution in [3.63, 3.8) is 0 Å². The molecule has 1 fully saturated rings. The standard InChI is InChI=1S/C63H119NO8/c1-3-5-7-9-11-13-15-16-17-18-19-20-21-22-23-24-25-26-27-28-29-30-31-32-33-34-35-36-37-38-39-40-41-42-43-45-47-49-51-53-59(67)64-56(55-71-63-62(70)61(69)60(68)58(54-65)72-63)57(66)52-50-48-46-44-14-12-10-8-6-4-2/h14,18-19,44,50,52,56-58,60-63,65-66,68-70H,3-13,15-17,20-43,45-49,51,53-55H2,1-2H3,(H,64,67)/b19-18-,44-14+,52-50+. The number of unbranched alkanes of at least 4 members (excludes halogenated alkanes) is 40. The summed E-state index contributed by atoms with van der Waals surface area (Å²) in [6.07, 6.45) is 62.8. The number of rotatable bonds is 54. The molecule has 7 atom stereocenters. The number of hydrogen-bond acceptors (Lipinski definition) is 8. The van der Waals surface area contributed by atoms with Crippen molar-refractivity contribution < 1.29 is 39.8 Å². The molecule has 1 saturated heterocycles. The second-order valence-electron chi connectivity index (χ2n) is 21.8. The van der Waals surface area contributed by atoms with Crippen LogP contribution in [0.25, 0.3) is 0 Å². The van der Waals surface area contributed by atoms with Crippen LogP contribution in [0.15, 0.2) is 36.5 Å². The van der Waals surface area contributed by atoms with Gasteiger partial charge < -0.3 is 40.3 Å². The fraction of sp³-hybridized carbons (Fsp3) is 0.889. The fourth-order valence-electron chi connectivity index (χ4n) is 9.99. The van der Waals surface area contributed by atoms with Crippen LogP contribution < -0.4 is 5.32 Å². The van der Waals surface area contributed by atoms with E-state index in [2.05, 4.69) is 43.5 Å². The number of aliphatic hydroxyl groups is 5. The molecular weight excluding hydrogens is 899 g/mol. The van der Waals surface area contributed by atoms with Gasteiger partial charge in [0.2, 0.25) is 5.91 Å². The topological polar surface area (TPSA) is 149 Å². The second-order valence-corrected chi connectivity index (χ2v) is 21.8. The van der Waals surface area contributed by atoms with Crippen molar-refractivity contribution in [3.05, 3.63) is 36.5 Å². The van der Waals surface area contributed by atoms with E-state index in [9.17, 15) is 30.3 Å². The SMILES string of the molecule is CCCCCC/C=C/CC/C=C/C(O)C(COC1OC(CO)C(O)C(O)C1O)NC(=O)CCCCCCCCCCCCCCCCCCCCCCCCCCCCC/C=C\CCCCCCCCCC. The minimum Gasteiger partial charge on any atom is -0.394 e. The molecule has 0 radical (unpaired) electrons. The van der Waals surface area contributed by atoms with Crippen LogP contribution >= 0.6 is 0 Å². The van der Waals surface area contributed by atoms with Gasteiger partial charge in [0.1, 0.15) is 24.4 Å². The van der Waals surface area contributed by atoms with Gasteiger partial charge in [0, 0.05) is 6.42 Å². The van der Waals surface area contributed by atoms with Gasteiger partial charge in [-0.3, -0.25) is 4.79 Å². The molecule has 0 bridgehead atoms. The van der Waals surface area contributed by atoms with Gasteiger partial charge in [0.05, 0.1) is 25.4 Å². The van der Waals surface area contributed by atoms with Crippen LogP contribution in [0.5, 0.6) is 0 Å². The zero-order chi connectivity index (χ0) is 52.2. The van der Waals surface area contributed by atoms with E-state index in [1.807, 2.05) is 6.08 Å². The smallest absolute Gasteiger partial charge is 0.220 e. The average molecular weight is 1020 g/mol. The first kappa shape index (κ1) is 68.4. The maximum absolute atomic E-state index is 13.0. The van der Waals surface area contributed by atoms with Crippen molar-refractivity contribution in [1.29, 1.82) is 0 Å². The molecule has 0 saturated carbocycles. The quantitative estimate of drug-likeness (QED) is 0.0261. The molecule has 1 aliphatic heterocycles. The molecule has 424 valence electrons. The first-order valence-corrected chi connectivity index (χ1v) is 31.2. The highest BCUT2D eigenvalue weighted by atomic mass is 16.7. The lowest BCUT2D eigenvalue weighted by atomic mass is 9.99. The van der Waals surface area contributed by atoms with Gasteiger partial charge in [-0.2, -0.15) is 0 Å². The number of carbonyl (C=O) groups is 1. The van der Waals surface area contributed by atoms with E-state index in [0.29, 0.717) is 6.42 Å². The lowest BCUT2D eigenvalue weighted by molar-refractivity contribution is -0.302. The summed E-state index contributed by atoms with van der Waals surface area (Å²) in [6.45, 7) is 3.74. The van der Waals surface area contributed by atoms with Crippen LogP contribution in [0.2, 0.25) is 0 Å². The average Bonchev–Trinajstić information content (AvgIpc) is 3.38. The van der Waals surface area contributed by atoms with Gasteiger partial charge in [-0.25, -0.2) is 0 Å². The van der Waals surface area contributed by atoms with Gasteiger partial charge in [-0.05, 0) is 57.8 Å². The van der Waals surface area contributed by atoms with Crippen LogP contribution in [0.1, 0.15) is 303 Å². The second kappa shape index (κ2) is 52.8. The molecule has 1 amide bonds. The zero-order valence-corrected chi connectivity index (χ0v) is 47.2. The Balaban J connectivity index is 1.99. The highest BCUT2D eigenvalue weighted by Crippen LogP contribution is 2.23. The summed E-state index contributed by atoms with van der Waals surface area (Å²) in [7, 11) is 0. The Morgan fingerprint density at radius 3 is 1.18 bits per heavy atom. The van der Waals surface area contributed by atoms with Gasteiger partial charge in [-0.15, -0.1) is 0 Å². The van der Waals surface area contributed by atoms with E-state index in [1.165, 1.54) is 244 Å². The summed E-state index contributed by atoms with van der Waals surface area (Å²) >= 11 is 0. The van der Waals surface area contributed by atoms with Crippen molar-refractivity contribution in [3.8, 4) is 0 Å². The molecule has 9 nitrogen and oxygen atoms in total. The monoisotopic (exact) mass is 1020 g/mol. The maximum Gasteiger partial charge on any atom is 0.220 e. The van der Waals surface area contributed by atoms with Crippen LogP contribution in [-0.2, 0) is 14.3 Å². The van der Waals surface area contributed by atoms with Crippen LogP contribution in [0.3, 0.4) is 0 Å². The van der Waals surface area contributed by atoms with Crippen molar-refractivity contribution >= 4 is 5.91 Å². The van der Waals surface area contributed by atoms with Gasteiger partial charge in [-0.1, -0.05) is 275 Å². The molecule has 0 aromatic rings. The Hall–Kier alpha value is -1.59. The van der Waals surface area contributed by atoms with Gasteiger partial charge in [0.15, 0.2) is 6.29 Å². The molecule has 0 aromatic carbocycles. The van der Waals surface area contributed by atoms with Gasteiger partial charge in [0.25, 0.3) is 0 Å². The first-order valence-electron chi connectivity index (χ1n) is 31.2. The number of carbonyl (C=O) groups excluding carboxylic acids is 1. The molecule has 7 unspecified atom stereocenters. The largest absolute Gasteiger partial charge is 0.394 e. The highest BCUT2D eigenvalue weighted by Gasteiger charge is 2.44. The number of ether oxygens (including phenoxy) is 2. The summed E-state index contributed by atoms with van der Waals surface area (Å²) in [5.41, 5.74) is 0. The van der Waals surface area contributed by atoms with E-state index in [0.717, 1.165) is 38.5 Å². The van der Waals surface area contributed by atoms with Crippen LogP contribution in [-0.4, -0.2) is 87.5 Å². The Kier molecular flexibility index (Phi) is 50.2. The van der Waals surface area contributed by atoms with E-state index in [-0.39, 0.29) is 12.5 Å². The molecule has 1 rings (SSSR count). The third-order valence-corrected chi connectivity index (χ3v) is 14.9. The maximum atomic E-state index is 13.0. The summed E-state index contributed by atoms with van der Waals surface area (Å²) in [4.78, 5) is 13.0. The molecule has 1 aliphatic rings. The van der Waals surface area contributed by atoms with E-state index >= 15 is 0 Å². The van der Waals surface area contributed by atoms with Crippen molar-refractivity contribution in [1.82, 2.24) is 5.32 Å². The molecule has 0 spiro atoms. The number of amides is 1. The Labute approximate surface area is 444 Å². The van der Waals surface area contributed by atoms with E-state index < -0.39 is 49.5 Å². The Bertz CT molecular complexity index is 1230. The highest BCUT2D eigenvalue weighted by molar-refractivity contribution is 5.76. The van der Waals surface area contributed by atoms with Crippen molar-refractivity contribution in [2.24, 2.45) is 0 Å². The minimum atomic E-state index is -1.57. The third kappa shape index (κ3) is 41.6. The third-order valence-electron chi connectivity index (χ3n) is 14.9. The molecule has 0 aliphatic carbocycles. The fourth-order valence-corrected chi connectivity index (χ4v) is 9.99. The normalized spacial score (nSPS) is 19.3. The summed E-state index contributed by atoms with van der Waals surface area (Å²) in [6, 6.07) is -0.818. The molecule has 6 N–H and O–H groups in total. The lowest BCUT2D eigenvalue weighted by Crippen LogP contribution is -2.60. The number of allylic oxidation sites excluding steroid dienone is 5. The first-order chi connectivity index (χ1) is 35.3. The Morgan fingerprint density at radius 1 is 0.458 bits per heavy atom. The molecule has 0 aromatic heterocycles. The van der Waals surface area contributed by atoms with E-state index in [4.69, 9.17) is 9.47 Å². The van der Waals surface area contributed by atoms with Crippen molar-refractivity contribution in [2.75, 3.05) is 13.2 Å². The lowest BCUT2D eigenvalue weighted by Gasteiger charge is -2.40. The van der Waals surface area contributed by atoms with Gasteiger partial charge >= 0.3 is 0 Å². The number of aliphatic hydroxyl groups excluding tert-OH is 5. The zero-order valence-electron chi connectivity index (χ0n) is 47.2. The minimum absolute atomic E-state index is 0.184. The predicted molar refractivity (Wildman–Crippen MR) is 304 cm³/mol. The molecule has 9 heteroatoms. The molecular formula is C63H119NO8. The summed E-state index contributed by atoms with van der Waals surface area (Å²) in [5, 5.41) is 54.2. The summed E-state index contributed by atoms with van der Waals surface area (Å²) in [5.74, 6) is -0.184. The number of hydrogen-bond donors (Lipinski definition) is 6. The molecule has 72 heavy (non-hydrogen) atoms. The van der Waals surface area contributed by atoms with Crippen LogP contribution in [0.4, 0.5) is 0 Å².